The SMILES string of the molecule is NCCn1c(=O)n([C@H]2CCN(CC3CCCCCCC3)C[C@@H]2CO)c2ccccc21. The summed E-state index contributed by atoms with van der Waals surface area (Å²) in [6, 6.07) is 8.03. The van der Waals surface area contributed by atoms with Gasteiger partial charge in [0, 0.05) is 51.3 Å². The minimum Gasteiger partial charge on any atom is -0.396 e. The molecule has 0 radical (unpaired) electrons. The molecular formula is C24H38N4O2. The number of para-hydroxylation sites is 2. The molecule has 2 aliphatic rings. The van der Waals surface area contributed by atoms with Gasteiger partial charge in [-0.05, 0) is 37.3 Å². The first-order valence-electron chi connectivity index (χ1n) is 12.0. The lowest BCUT2D eigenvalue weighted by Crippen LogP contribution is -2.46. The average Bonchev–Trinajstić information content (AvgIpc) is 3.02. The number of aliphatic hydroxyl groups is 1. The molecule has 0 unspecified atom stereocenters. The number of likely N-dealkylation sites (tertiary alicyclic amines) is 1. The second-order valence-electron chi connectivity index (χ2n) is 9.35. The molecule has 6 heteroatoms. The first-order valence-corrected chi connectivity index (χ1v) is 12.0. The van der Waals surface area contributed by atoms with E-state index in [0.29, 0.717) is 13.1 Å². The van der Waals surface area contributed by atoms with E-state index in [1.165, 1.54) is 44.9 Å². The zero-order valence-electron chi connectivity index (χ0n) is 18.2. The van der Waals surface area contributed by atoms with E-state index in [1.54, 1.807) is 4.57 Å². The van der Waals surface area contributed by atoms with Crippen molar-refractivity contribution in [2.45, 2.75) is 64.0 Å². The summed E-state index contributed by atoms with van der Waals surface area (Å²) in [5, 5.41) is 10.2. The van der Waals surface area contributed by atoms with Gasteiger partial charge in [0.25, 0.3) is 0 Å². The lowest BCUT2D eigenvalue weighted by atomic mass is 9.88. The first kappa shape index (κ1) is 21.6. The van der Waals surface area contributed by atoms with Gasteiger partial charge in [0.15, 0.2) is 0 Å². The van der Waals surface area contributed by atoms with Crippen molar-refractivity contribution in [3.05, 3.63) is 34.7 Å². The Morgan fingerprint density at radius 1 is 1.00 bits per heavy atom. The number of benzene rings is 1. The summed E-state index contributed by atoms with van der Waals surface area (Å²) in [5.41, 5.74) is 7.70. The lowest BCUT2D eigenvalue weighted by Gasteiger charge is -2.40. The van der Waals surface area contributed by atoms with E-state index in [1.807, 2.05) is 28.8 Å². The molecule has 2 fully saturated rings. The topological polar surface area (TPSA) is 76.4 Å². The number of piperidine rings is 1. The Kier molecular flexibility index (Phi) is 7.28. The zero-order chi connectivity index (χ0) is 20.9. The molecule has 1 saturated carbocycles. The Labute approximate surface area is 179 Å². The van der Waals surface area contributed by atoms with Gasteiger partial charge in [-0.1, -0.05) is 44.2 Å². The third-order valence-electron chi connectivity index (χ3n) is 7.31. The van der Waals surface area contributed by atoms with Crippen molar-refractivity contribution in [3.63, 3.8) is 0 Å². The van der Waals surface area contributed by atoms with Gasteiger partial charge in [0.05, 0.1) is 11.0 Å². The van der Waals surface area contributed by atoms with Gasteiger partial charge in [-0.25, -0.2) is 4.79 Å². The molecule has 4 rings (SSSR count). The Hall–Kier alpha value is -1.63. The number of hydrogen-bond acceptors (Lipinski definition) is 4. The van der Waals surface area contributed by atoms with E-state index < -0.39 is 0 Å². The molecule has 0 spiro atoms. The van der Waals surface area contributed by atoms with Crippen LogP contribution in [0.3, 0.4) is 0 Å². The molecule has 0 amide bonds. The molecule has 1 aliphatic heterocycles. The predicted molar refractivity (Wildman–Crippen MR) is 122 cm³/mol. The average molecular weight is 415 g/mol. The number of aromatic nitrogens is 2. The lowest BCUT2D eigenvalue weighted by molar-refractivity contribution is 0.0647. The van der Waals surface area contributed by atoms with Crippen LogP contribution in [-0.2, 0) is 6.54 Å². The standard InChI is InChI=1S/C24H38N4O2/c25-13-15-27-22-10-6-7-11-23(22)28(24(27)30)21-12-14-26(17-20(21)18-29)16-19-8-4-2-1-3-5-9-19/h6-7,10-11,19-21,29H,1-5,8-9,12-18,25H2/t20-,21+/m1/s1. The smallest absolute Gasteiger partial charge is 0.329 e. The minimum absolute atomic E-state index is 0.0126. The van der Waals surface area contributed by atoms with Crippen molar-refractivity contribution in [2.24, 2.45) is 17.6 Å². The van der Waals surface area contributed by atoms with Crippen LogP contribution in [0.15, 0.2) is 29.1 Å². The Morgan fingerprint density at radius 3 is 2.40 bits per heavy atom. The summed E-state index contributed by atoms with van der Waals surface area (Å²) in [5.74, 6) is 0.873. The number of fused-ring (bicyclic) bond motifs is 1. The van der Waals surface area contributed by atoms with E-state index >= 15 is 0 Å². The molecule has 1 aromatic heterocycles. The Bertz CT molecular complexity index is 866. The van der Waals surface area contributed by atoms with E-state index in [9.17, 15) is 9.90 Å². The minimum atomic E-state index is 0.0126. The largest absolute Gasteiger partial charge is 0.396 e. The van der Waals surface area contributed by atoms with Gasteiger partial charge in [0.1, 0.15) is 0 Å². The van der Waals surface area contributed by atoms with Crippen molar-refractivity contribution in [2.75, 3.05) is 32.8 Å². The number of rotatable bonds is 6. The summed E-state index contributed by atoms with van der Waals surface area (Å²) in [6.07, 6.45) is 10.5. The predicted octanol–water partition coefficient (Wildman–Crippen LogP) is 2.98. The van der Waals surface area contributed by atoms with Gasteiger partial charge < -0.3 is 15.7 Å². The quantitative estimate of drug-likeness (QED) is 0.762. The fourth-order valence-corrected chi connectivity index (χ4v) is 5.77. The van der Waals surface area contributed by atoms with Gasteiger partial charge >= 0.3 is 5.69 Å². The Morgan fingerprint density at radius 2 is 1.70 bits per heavy atom. The molecule has 2 aromatic rings. The van der Waals surface area contributed by atoms with E-state index in [2.05, 4.69) is 4.90 Å². The maximum Gasteiger partial charge on any atom is 0.329 e. The fraction of sp³-hybridized carbons (Fsp3) is 0.708. The van der Waals surface area contributed by atoms with Gasteiger partial charge in [-0.3, -0.25) is 9.13 Å². The molecule has 166 valence electrons. The van der Waals surface area contributed by atoms with E-state index in [0.717, 1.165) is 43.0 Å². The molecule has 0 bridgehead atoms. The molecule has 6 nitrogen and oxygen atoms in total. The van der Waals surface area contributed by atoms with E-state index in [-0.39, 0.29) is 24.3 Å². The van der Waals surface area contributed by atoms with Crippen molar-refractivity contribution in [1.82, 2.24) is 14.0 Å². The maximum atomic E-state index is 13.3. The monoisotopic (exact) mass is 414 g/mol. The van der Waals surface area contributed by atoms with Gasteiger partial charge in [0.2, 0.25) is 0 Å². The highest BCUT2D eigenvalue weighted by Crippen LogP contribution is 2.32. The normalized spacial score (nSPS) is 24.7. The third kappa shape index (κ3) is 4.51. The van der Waals surface area contributed by atoms with Crippen LogP contribution in [0.1, 0.15) is 57.4 Å². The summed E-state index contributed by atoms with van der Waals surface area (Å²) in [6.45, 7) is 4.11. The van der Waals surface area contributed by atoms with Crippen molar-refractivity contribution in [3.8, 4) is 0 Å². The van der Waals surface area contributed by atoms with Crippen LogP contribution in [0.5, 0.6) is 0 Å². The highest BCUT2D eigenvalue weighted by Gasteiger charge is 2.33. The van der Waals surface area contributed by atoms with E-state index in [4.69, 9.17) is 5.73 Å². The number of hydrogen-bond donors (Lipinski definition) is 2. The van der Waals surface area contributed by atoms with Crippen LogP contribution in [-0.4, -0.2) is 51.9 Å². The second kappa shape index (κ2) is 10.1. The van der Waals surface area contributed by atoms with Crippen molar-refractivity contribution >= 4 is 11.0 Å². The second-order valence-corrected chi connectivity index (χ2v) is 9.35. The molecule has 1 saturated heterocycles. The summed E-state index contributed by atoms with van der Waals surface area (Å²) < 4.78 is 3.74. The van der Waals surface area contributed by atoms with Crippen LogP contribution in [0.4, 0.5) is 0 Å². The van der Waals surface area contributed by atoms with Crippen LogP contribution in [0.25, 0.3) is 11.0 Å². The zero-order valence-corrected chi connectivity index (χ0v) is 18.2. The molecule has 1 aliphatic carbocycles. The highest BCUT2D eigenvalue weighted by atomic mass is 16.3. The Balaban J connectivity index is 1.53. The van der Waals surface area contributed by atoms with Crippen LogP contribution < -0.4 is 11.4 Å². The van der Waals surface area contributed by atoms with Crippen LogP contribution in [0, 0.1) is 11.8 Å². The highest BCUT2D eigenvalue weighted by molar-refractivity contribution is 5.76. The van der Waals surface area contributed by atoms with Gasteiger partial charge in [-0.15, -0.1) is 0 Å². The fourth-order valence-electron chi connectivity index (χ4n) is 5.77. The van der Waals surface area contributed by atoms with Crippen molar-refractivity contribution < 1.29 is 5.11 Å². The number of aliphatic hydroxyl groups excluding tert-OH is 1. The number of nitrogens with two attached hydrogens (primary N) is 1. The maximum absolute atomic E-state index is 13.3. The molecular weight excluding hydrogens is 376 g/mol. The van der Waals surface area contributed by atoms with Gasteiger partial charge in [-0.2, -0.15) is 0 Å². The number of nitrogens with zero attached hydrogens (tertiary/aromatic N) is 3. The molecule has 30 heavy (non-hydrogen) atoms. The third-order valence-corrected chi connectivity index (χ3v) is 7.31. The van der Waals surface area contributed by atoms with Crippen molar-refractivity contribution in [1.29, 1.82) is 0 Å². The summed E-state index contributed by atoms with van der Waals surface area (Å²) >= 11 is 0. The van der Waals surface area contributed by atoms with Crippen LogP contribution in [0.2, 0.25) is 0 Å². The van der Waals surface area contributed by atoms with Crippen LogP contribution >= 0.6 is 0 Å². The summed E-state index contributed by atoms with van der Waals surface area (Å²) in [4.78, 5) is 15.8. The molecule has 2 atom stereocenters. The molecule has 1 aromatic carbocycles. The number of imidazole rings is 1. The first-order chi connectivity index (χ1) is 14.7. The summed E-state index contributed by atoms with van der Waals surface area (Å²) in [7, 11) is 0. The molecule has 2 heterocycles. The molecule has 3 N–H and O–H groups in total.